The predicted octanol–water partition coefficient (Wildman–Crippen LogP) is -2.37. The number of rotatable bonds is 1. The van der Waals surface area contributed by atoms with Crippen molar-refractivity contribution < 1.29 is 53.1 Å². The molecule has 3 N–H and O–H groups in total. The van der Waals surface area contributed by atoms with Crippen LogP contribution in [0.5, 0.6) is 5.75 Å². The van der Waals surface area contributed by atoms with Gasteiger partial charge in [-0.1, -0.05) is 24.3 Å². The van der Waals surface area contributed by atoms with Crippen molar-refractivity contribution in [3.05, 3.63) is 36.4 Å². The molecular formula is C10H9NaO5S. The second kappa shape index (κ2) is 5.81. The number of fused-ring (bicyclic) bond motifs is 1. The zero-order chi connectivity index (χ0) is 11.1. The van der Waals surface area contributed by atoms with Crippen molar-refractivity contribution >= 4 is 20.9 Å². The van der Waals surface area contributed by atoms with Crippen molar-refractivity contribution in [3.8, 4) is 5.75 Å². The maximum absolute atomic E-state index is 10.9. The SMILES string of the molecule is O.O=S(=O)([O-])c1ccc(O)c2ccccc12.[Na+]. The minimum Gasteiger partial charge on any atom is -0.744 e. The van der Waals surface area contributed by atoms with Crippen LogP contribution in [0.1, 0.15) is 0 Å². The van der Waals surface area contributed by atoms with Gasteiger partial charge in [0.05, 0.1) is 4.90 Å². The average molecular weight is 264 g/mol. The van der Waals surface area contributed by atoms with E-state index in [1.54, 1.807) is 18.2 Å². The minimum absolute atomic E-state index is 0. The van der Waals surface area contributed by atoms with Gasteiger partial charge in [0.2, 0.25) is 0 Å². The Morgan fingerprint density at radius 1 is 1.00 bits per heavy atom. The van der Waals surface area contributed by atoms with Gasteiger partial charge in [-0.15, -0.1) is 0 Å². The molecule has 2 aromatic carbocycles. The van der Waals surface area contributed by atoms with Crippen molar-refractivity contribution in [3.63, 3.8) is 0 Å². The molecule has 2 rings (SSSR count). The summed E-state index contributed by atoms with van der Waals surface area (Å²) in [5.74, 6) is -0.0435. The Balaban J connectivity index is 0.00000128. The molecule has 17 heavy (non-hydrogen) atoms. The predicted molar refractivity (Wildman–Crippen MR) is 57.2 cm³/mol. The molecule has 0 bridgehead atoms. The standard InChI is InChI=1S/C10H8O4S.Na.H2O/c11-9-5-6-10(15(12,13)14)8-4-2-1-3-7(8)9;;/h1-6,11H,(H,12,13,14);;1H2/q;+1;/p-1. The van der Waals surface area contributed by atoms with E-state index in [2.05, 4.69) is 0 Å². The molecule has 2 aromatic rings. The first-order valence-corrected chi connectivity index (χ1v) is 5.57. The summed E-state index contributed by atoms with van der Waals surface area (Å²) in [6.07, 6.45) is 0. The maximum atomic E-state index is 10.9. The van der Waals surface area contributed by atoms with E-state index in [-0.39, 0.29) is 51.1 Å². The third-order valence-corrected chi connectivity index (χ3v) is 3.03. The van der Waals surface area contributed by atoms with Gasteiger partial charge in [0, 0.05) is 10.8 Å². The molecule has 86 valence electrons. The van der Waals surface area contributed by atoms with Gasteiger partial charge < -0.3 is 15.1 Å². The first kappa shape index (κ1) is 16.4. The normalized spacial score (nSPS) is 10.4. The maximum Gasteiger partial charge on any atom is 1.00 e. The fraction of sp³-hybridized carbons (Fsp3) is 0. The Labute approximate surface area is 120 Å². The largest absolute Gasteiger partial charge is 1.00 e. The van der Waals surface area contributed by atoms with Crippen molar-refractivity contribution in [2.24, 2.45) is 0 Å². The van der Waals surface area contributed by atoms with Crippen LogP contribution in [0.15, 0.2) is 41.3 Å². The zero-order valence-corrected chi connectivity index (χ0v) is 11.9. The molecule has 5 nitrogen and oxygen atoms in total. The third-order valence-electron chi connectivity index (χ3n) is 2.13. The summed E-state index contributed by atoms with van der Waals surface area (Å²) in [4.78, 5) is -0.309. The van der Waals surface area contributed by atoms with E-state index in [1.807, 2.05) is 0 Å². The summed E-state index contributed by atoms with van der Waals surface area (Å²) >= 11 is 0. The minimum atomic E-state index is -4.51. The van der Waals surface area contributed by atoms with Crippen LogP contribution in [0.25, 0.3) is 10.8 Å². The van der Waals surface area contributed by atoms with Crippen LogP contribution in [0.3, 0.4) is 0 Å². The molecule has 0 spiro atoms. The number of benzene rings is 2. The van der Waals surface area contributed by atoms with Gasteiger partial charge in [0.15, 0.2) is 0 Å². The molecule has 0 aliphatic carbocycles. The molecule has 0 fully saturated rings. The number of phenols is 1. The van der Waals surface area contributed by atoms with E-state index in [1.165, 1.54) is 12.1 Å². The molecule has 0 atom stereocenters. The van der Waals surface area contributed by atoms with E-state index >= 15 is 0 Å². The summed E-state index contributed by atoms with van der Waals surface area (Å²) in [7, 11) is -4.51. The van der Waals surface area contributed by atoms with Gasteiger partial charge in [-0.3, -0.25) is 0 Å². The molecule has 0 aromatic heterocycles. The quantitative estimate of drug-likeness (QED) is 0.458. The van der Waals surface area contributed by atoms with E-state index in [0.717, 1.165) is 6.07 Å². The summed E-state index contributed by atoms with van der Waals surface area (Å²) in [5.41, 5.74) is 0. The second-order valence-electron chi connectivity index (χ2n) is 3.08. The van der Waals surface area contributed by atoms with Crippen LogP contribution in [0.2, 0.25) is 0 Å². The molecule has 0 radical (unpaired) electrons. The van der Waals surface area contributed by atoms with Crippen molar-refractivity contribution in [1.82, 2.24) is 0 Å². The monoisotopic (exact) mass is 264 g/mol. The smallest absolute Gasteiger partial charge is 0.744 e. The van der Waals surface area contributed by atoms with Crippen LogP contribution in [-0.2, 0) is 10.1 Å². The van der Waals surface area contributed by atoms with Crippen molar-refractivity contribution in [2.75, 3.05) is 0 Å². The van der Waals surface area contributed by atoms with Gasteiger partial charge in [-0.25, -0.2) is 8.42 Å². The van der Waals surface area contributed by atoms with Gasteiger partial charge >= 0.3 is 29.6 Å². The molecule has 0 aliphatic heterocycles. The van der Waals surface area contributed by atoms with E-state index in [9.17, 15) is 18.1 Å². The van der Waals surface area contributed by atoms with Gasteiger partial charge in [-0.2, -0.15) is 0 Å². The topological polar surface area (TPSA) is 109 Å². The molecular weight excluding hydrogens is 255 g/mol. The zero-order valence-electron chi connectivity index (χ0n) is 9.04. The number of phenolic OH excluding ortho intramolecular Hbond substituents is 1. The van der Waals surface area contributed by atoms with E-state index in [4.69, 9.17) is 0 Å². The summed E-state index contributed by atoms with van der Waals surface area (Å²) in [5, 5.41) is 10.1. The van der Waals surface area contributed by atoms with E-state index < -0.39 is 10.1 Å². The Morgan fingerprint density at radius 2 is 1.53 bits per heavy atom. The fourth-order valence-corrected chi connectivity index (χ4v) is 2.16. The Morgan fingerprint density at radius 3 is 2.06 bits per heavy atom. The van der Waals surface area contributed by atoms with Crippen molar-refractivity contribution in [2.45, 2.75) is 4.90 Å². The molecule has 0 saturated carbocycles. The molecule has 0 heterocycles. The molecule has 0 aliphatic rings. The number of aromatic hydroxyl groups is 1. The first-order valence-electron chi connectivity index (χ1n) is 4.17. The fourth-order valence-electron chi connectivity index (χ4n) is 1.47. The van der Waals surface area contributed by atoms with Gasteiger partial charge in [0.25, 0.3) is 0 Å². The number of hydrogen-bond acceptors (Lipinski definition) is 4. The number of hydrogen-bond donors (Lipinski definition) is 1. The summed E-state index contributed by atoms with van der Waals surface area (Å²) in [6, 6.07) is 8.62. The van der Waals surface area contributed by atoms with Crippen LogP contribution in [0, 0.1) is 0 Å². The first-order chi connectivity index (χ1) is 7.00. The van der Waals surface area contributed by atoms with Gasteiger partial charge in [-0.05, 0) is 12.1 Å². The van der Waals surface area contributed by atoms with Crippen LogP contribution >= 0.6 is 0 Å². The molecule has 7 heteroatoms. The molecule has 0 unspecified atom stereocenters. The summed E-state index contributed by atoms with van der Waals surface area (Å²) in [6.45, 7) is 0. The Bertz CT molecular complexity index is 624. The second-order valence-corrected chi connectivity index (χ2v) is 4.43. The third kappa shape index (κ3) is 3.19. The van der Waals surface area contributed by atoms with E-state index in [0.29, 0.717) is 5.39 Å². The van der Waals surface area contributed by atoms with Crippen LogP contribution in [-0.4, -0.2) is 23.6 Å². The Hall–Kier alpha value is -0.630. The average Bonchev–Trinajstić information content (AvgIpc) is 2.17. The van der Waals surface area contributed by atoms with Crippen LogP contribution < -0.4 is 29.6 Å². The molecule has 0 amide bonds. The van der Waals surface area contributed by atoms with Crippen LogP contribution in [0.4, 0.5) is 0 Å². The van der Waals surface area contributed by atoms with Crippen molar-refractivity contribution in [1.29, 1.82) is 0 Å². The Kier molecular flexibility index (Phi) is 5.60. The summed E-state index contributed by atoms with van der Waals surface area (Å²) < 4.78 is 32.8. The van der Waals surface area contributed by atoms with Gasteiger partial charge in [0.1, 0.15) is 15.9 Å². The molecule has 0 saturated heterocycles.